The molecular formula is C19H17F2N5O3. The van der Waals surface area contributed by atoms with Gasteiger partial charge in [0.05, 0.1) is 18.5 Å². The molecule has 0 fully saturated rings. The topological polar surface area (TPSA) is 98.1 Å². The minimum Gasteiger partial charge on any atom is -0.497 e. The number of benzene rings is 2. The molecule has 3 rings (SSSR count). The Hall–Kier alpha value is -3.82. The van der Waals surface area contributed by atoms with Crippen molar-refractivity contribution >= 4 is 23.2 Å². The highest BCUT2D eigenvalue weighted by atomic mass is 19.1. The highest BCUT2D eigenvalue weighted by Crippen LogP contribution is 2.17. The first-order valence-corrected chi connectivity index (χ1v) is 8.47. The van der Waals surface area contributed by atoms with Gasteiger partial charge in [0.1, 0.15) is 23.9 Å². The zero-order chi connectivity index (χ0) is 21.0. The number of rotatable bonds is 6. The molecule has 8 nitrogen and oxygen atoms in total. The van der Waals surface area contributed by atoms with Gasteiger partial charge in [-0.05, 0) is 43.3 Å². The molecule has 1 heterocycles. The van der Waals surface area contributed by atoms with Crippen LogP contribution in [-0.4, -0.2) is 33.9 Å². The average molecular weight is 401 g/mol. The second kappa shape index (κ2) is 8.46. The number of hydrogen-bond acceptors (Lipinski definition) is 5. The molecule has 0 atom stereocenters. The van der Waals surface area contributed by atoms with Gasteiger partial charge in [-0.1, -0.05) is 5.21 Å². The Balaban J connectivity index is 1.67. The summed E-state index contributed by atoms with van der Waals surface area (Å²) in [7, 11) is 1.54. The van der Waals surface area contributed by atoms with Gasteiger partial charge in [0, 0.05) is 11.8 Å². The summed E-state index contributed by atoms with van der Waals surface area (Å²) in [5, 5.41) is 12.5. The molecule has 0 aliphatic carbocycles. The summed E-state index contributed by atoms with van der Waals surface area (Å²) in [5.41, 5.74) is 0.616. The average Bonchev–Trinajstić information content (AvgIpc) is 3.05. The molecule has 0 spiro atoms. The maximum absolute atomic E-state index is 13.6. The van der Waals surface area contributed by atoms with E-state index in [-0.39, 0.29) is 17.9 Å². The fourth-order valence-electron chi connectivity index (χ4n) is 2.50. The van der Waals surface area contributed by atoms with Crippen molar-refractivity contribution in [1.29, 1.82) is 0 Å². The number of methoxy groups -OCH3 is 1. The quantitative estimate of drug-likeness (QED) is 0.662. The lowest BCUT2D eigenvalue weighted by Gasteiger charge is -2.08. The van der Waals surface area contributed by atoms with E-state index in [9.17, 15) is 18.4 Å². The summed E-state index contributed by atoms with van der Waals surface area (Å²) in [6.45, 7) is 1.24. The number of carbonyl (C=O) groups is 2. The van der Waals surface area contributed by atoms with Crippen molar-refractivity contribution in [2.75, 3.05) is 17.7 Å². The van der Waals surface area contributed by atoms with Crippen LogP contribution in [0.5, 0.6) is 5.75 Å². The molecule has 29 heavy (non-hydrogen) atoms. The van der Waals surface area contributed by atoms with Gasteiger partial charge in [-0.15, -0.1) is 5.10 Å². The van der Waals surface area contributed by atoms with Gasteiger partial charge in [0.15, 0.2) is 5.69 Å². The van der Waals surface area contributed by atoms with Crippen molar-refractivity contribution in [3.8, 4) is 5.75 Å². The molecule has 150 valence electrons. The number of aromatic nitrogens is 3. The lowest BCUT2D eigenvalue weighted by atomic mass is 10.2. The number of amides is 2. The highest BCUT2D eigenvalue weighted by Gasteiger charge is 2.18. The van der Waals surface area contributed by atoms with Crippen LogP contribution in [0.3, 0.4) is 0 Å². The molecule has 0 saturated carbocycles. The second-order valence-corrected chi connectivity index (χ2v) is 6.04. The third kappa shape index (κ3) is 4.72. The molecule has 0 aliphatic rings. The first-order chi connectivity index (χ1) is 13.9. The standard InChI is InChI=1S/C19H17F2N5O3/c1-11-18(19(28)22-13-4-6-14(29-2)7-5-13)24-25-26(11)10-17(27)23-16-9-12(20)3-8-15(16)21/h3-9H,10H2,1-2H3,(H,22,28)(H,23,27). The predicted octanol–water partition coefficient (Wildman–Crippen LogP) is 2.76. The van der Waals surface area contributed by atoms with E-state index in [1.807, 2.05) is 0 Å². The molecule has 10 heteroatoms. The zero-order valence-corrected chi connectivity index (χ0v) is 15.6. The maximum Gasteiger partial charge on any atom is 0.278 e. The maximum atomic E-state index is 13.6. The smallest absolute Gasteiger partial charge is 0.278 e. The Morgan fingerprint density at radius 1 is 1.10 bits per heavy atom. The molecule has 0 bridgehead atoms. The number of nitrogens with zero attached hydrogens (tertiary/aromatic N) is 3. The van der Waals surface area contributed by atoms with Crippen LogP contribution in [0.2, 0.25) is 0 Å². The van der Waals surface area contributed by atoms with E-state index in [0.717, 1.165) is 18.2 Å². The predicted molar refractivity (Wildman–Crippen MR) is 101 cm³/mol. The van der Waals surface area contributed by atoms with Crippen LogP contribution in [0.25, 0.3) is 0 Å². The van der Waals surface area contributed by atoms with Crippen LogP contribution in [0, 0.1) is 18.6 Å². The van der Waals surface area contributed by atoms with Crippen LogP contribution in [-0.2, 0) is 11.3 Å². The number of anilines is 2. The van der Waals surface area contributed by atoms with Gasteiger partial charge in [-0.25, -0.2) is 13.5 Å². The SMILES string of the molecule is COc1ccc(NC(=O)c2nnn(CC(=O)Nc3cc(F)ccc3F)c2C)cc1. The van der Waals surface area contributed by atoms with Crippen LogP contribution in [0.4, 0.5) is 20.2 Å². The van der Waals surface area contributed by atoms with Crippen molar-refractivity contribution in [3.63, 3.8) is 0 Å². The van der Waals surface area contributed by atoms with Crippen LogP contribution in [0.1, 0.15) is 16.2 Å². The van der Waals surface area contributed by atoms with Crippen molar-refractivity contribution in [3.05, 3.63) is 65.5 Å². The molecule has 2 N–H and O–H groups in total. The van der Waals surface area contributed by atoms with E-state index >= 15 is 0 Å². The molecule has 1 aromatic heterocycles. The molecular weight excluding hydrogens is 384 g/mol. The Morgan fingerprint density at radius 2 is 1.83 bits per heavy atom. The normalized spacial score (nSPS) is 10.5. The van der Waals surface area contributed by atoms with Gasteiger partial charge in [-0.2, -0.15) is 0 Å². The summed E-state index contributed by atoms with van der Waals surface area (Å²) in [4.78, 5) is 24.5. The summed E-state index contributed by atoms with van der Waals surface area (Å²) in [6, 6.07) is 9.43. The number of carbonyl (C=O) groups excluding carboxylic acids is 2. The van der Waals surface area contributed by atoms with E-state index in [1.54, 1.807) is 31.2 Å². The minimum atomic E-state index is -0.769. The van der Waals surface area contributed by atoms with Gasteiger partial charge in [-0.3, -0.25) is 9.59 Å². The fraction of sp³-hybridized carbons (Fsp3) is 0.158. The third-order valence-electron chi connectivity index (χ3n) is 4.04. The van der Waals surface area contributed by atoms with Crippen molar-refractivity contribution in [2.45, 2.75) is 13.5 Å². The van der Waals surface area contributed by atoms with Crippen LogP contribution >= 0.6 is 0 Å². The molecule has 0 unspecified atom stereocenters. The third-order valence-corrected chi connectivity index (χ3v) is 4.04. The monoisotopic (exact) mass is 401 g/mol. The van der Waals surface area contributed by atoms with E-state index in [1.165, 1.54) is 11.8 Å². The van der Waals surface area contributed by atoms with E-state index in [0.29, 0.717) is 17.1 Å². The van der Waals surface area contributed by atoms with Gasteiger partial charge in [0.25, 0.3) is 5.91 Å². The second-order valence-electron chi connectivity index (χ2n) is 6.04. The molecule has 2 amide bonds. The van der Waals surface area contributed by atoms with Crippen molar-refractivity contribution in [1.82, 2.24) is 15.0 Å². The summed E-state index contributed by atoms with van der Waals surface area (Å²) < 4.78 is 33.1. The van der Waals surface area contributed by atoms with Gasteiger partial charge >= 0.3 is 0 Å². The summed E-state index contributed by atoms with van der Waals surface area (Å²) in [6.07, 6.45) is 0. The van der Waals surface area contributed by atoms with E-state index in [4.69, 9.17) is 4.74 Å². The fourth-order valence-corrected chi connectivity index (χ4v) is 2.50. The van der Waals surface area contributed by atoms with Gasteiger partial charge in [0.2, 0.25) is 5.91 Å². The first-order valence-electron chi connectivity index (χ1n) is 8.47. The van der Waals surface area contributed by atoms with Crippen LogP contribution in [0.15, 0.2) is 42.5 Å². The van der Waals surface area contributed by atoms with Crippen molar-refractivity contribution < 1.29 is 23.1 Å². The van der Waals surface area contributed by atoms with E-state index in [2.05, 4.69) is 20.9 Å². The molecule has 0 saturated heterocycles. The minimum absolute atomic E-state index is 0.0329. The summed E-state index contributed by atoms with van der Waals surface area (Å²) in [5.74, 6) is -1.96. The number of hydrogen-bond donors (Lipinski definition) is 2. The highest BCUT2D eigenvalue weighted by molar-refractivity contribution is 6.03. The Bertz CT molecular complexity index is 1050. The summed E-state index contributed by atoms with van der Waals surface area (Å²) >= 11 is 0. The van der Waals surface area contributed by atoms with Crippen LogP contribution < -0.4 is 15.4 Å². The van der Waals surface area contributed by atoms with Gasteiger partial charge < -0.3 is 15.4 Å². The number of nitrogens with one attached hydrogen (secondary N) is 2. The molecule has 2 aromatic carbocycles. The lowest BCUT2D eigenvalue weighted by molar-refractivity contribution is -0.117. The largest absolute Gasteiger partial charge is 0.497 e. The number of halogens is 2. The van der Waals surface area contributed by atoms with E-state index < -0.39 is 23.4 Å². The zero-order valence-electron chi connectivity index (χ0n) is 15.6. The number of ether oxygens (including phenoxy) is 1. The Morgan fingerprint density at radius 3 is 2.52 bits per heavy atom. The Kier molecular flexibility index (Phi) is 5.82. The molecule has 0 radical (unpaired) electrons. The lowest BCUT2D eigenvalue weighted by Crippen LogP contribution is -2.21. The molecule has 3 aromatic rings. The van der Waals surface area contributed by atoms with Crippen molar-refractivity contribution in [2.24, 2.45) is 0 Å². The Labute approximate surface area is 164 Å². The first kappa shape index (κ1) is 19.9. The molecule has 0 aliphatic heterocycles.